The van der Waals surface area contributed by atoms with Crippen molar-refractivity contribution in [1.29, 1.82) is 0 Å². The predicted molar refractivity (Wildman–Crippen MR) is 58.7 cm³/mol. The van der Waals surface area contributed by atoms with Crippen molar-refractivity contribution in [3.8, 4) is 0 Å². The Morgan fingerprint density at radius 2 is 2.00 bits per heavy atom. The van der Waals surface area contributed by atoms with Crippen molar-refractivity contribution in [3.63, 3.8) is 0 Å². The summed E-state index contributed by atoms with van der Waals surface area (Å²) >= 11 is 3.69. The number of aliphatic hydroxyl groups excluding tert-OH is 2. The summed E-state index contributed by atoms with van der Waals surface area (Å²) in [6.45, 7) is 1.87. The minimum absolute atomic E-state index is 0.191. The Balaban J connectivity index is 0. The predicted octanol–water partition coefficient (Wildman–Crippen LogP) is 0.921. The van der Waals surface area contributed by atoms with Crippen LogP contribution >= 0.6 is 12.6 Å². The molecular formula is C9H20O4S. The first kappa shape index (κ1) is 16.2. The largest absolute Gasteiger partial charge is 0.481 e. The normalized spacial score (nSPS) is 11.4. The fourth-order valence-corrected chi connectivity index (χ4v) is 0.699. The Kier molecular flexibility index (Phi) is 14.7. The van der Waals surface area contributed by atoms with Gasteiger partial charge in [-0.15, -0.1) is 0 Å². The molecule has 0 rings (SSSR count). The van der Waals surface area contributed by atoms with E-state index in [2.05, 4.69) is 19.6 Å². The molecule has 5 heteroatoms. The first-order valence-electron chi connectivity index (χ1n) is 4.70. The van der Waals surface area contributed by atoms with Crippen LogP contribution in [-0.2, 0) is 4.79 Å². The lowest BCUT2D eigenvalue weighted by molar-refractivity contribution is -0.137. The number of hydrogen-bond acceptors (Lipinski definition) is 4. The highest BCUT2D eigenvalue weighted by molar-refractivity contribution is 7.80. The van der Waals surface area contributed by atoms with Gasteiger partial charge in [0.2, 0.25) is 0 Å². The summed E-state index contributed by atoms with van der Waals surface area (Å²) in [7, 11) is 0. The molecule has 86 valence electrons. The summed E-state index contributed by atoms with van der Waals surface area (Å²) in [6, 6.07) is 0. The molecule has 0 heterocycles. The van der Waals surface area contributed by atoms with E-state index in [0.717, 1.165) is 19.3 Å². The third-order valence-corrected chi connectivity index (χ3v) is 1.84. The van der Waals surface area contributed by atoms with Crippen LogP contribution < -0.4 is 0 Å². The molecule has 0 spiro atoms. The average molecular weight is 224 g/mol. The molecule has 14 heavy (non-hydrogen) atoms. The molecule has 0 amide bonds. The number of rotatable bonds is 6. The Hall–Kier alpha value is -0.260. The number of carbonyl (C=O) groups is 1. The molecule has 0 bridgehead atoms. The first-order valence-corrected chi connectivity index (χ1v) is 5.33. The molecular weight excluding hydrogens is 204 g/mol. The molecule has 0 radical (unpaired) electrons. The van der Waals surface area contributed by atoms with Crippen molar-refractivity contribution in [2.45, 2.75) is 38.7 Å². The molecule has 1 unspecified atom stereocenters. The quantitative estimate of drug-likeness (QED) is 0.400. The van der Waals surface area contributed by atoms with Crippen molar-refractivity contribution >= 4 is 18.6 Å². The molecule has 0 aromatic carbocycles. The maximum atomic E-state index is 9.87. The summed E-state index contributed by atoms with van der Waals surface area (Å²) in [5.41, 5.74) is 0. The van der Waals surface area contributed by atoms with Crippen molar-refractivity contribution in [2.24, 2.45) is 0 Å². The maximum Gasteiger partial charge on any atom is 0.303 e. The second kappa shape index (κ2) is 12.7. The van der Waals surface area contributed by atoms with Gasteiger partial charge in [0.25, 0.3) is 0 Å². The highest BCUT2D eigenvalue weighted by atomic mass is 32.1. The molecule has 4 nitrogen and oxygen atoms in total. The van der Waals surface area contributed by atoms with E-state index >= 15 is 0 Å². The Labute approximate surface area is 90.4 Å². The number of unbranched alkanes of at least 4 members (excludes halogenated alkanes) is 2. The smallest absolute Gasteiger partial charge is 0.303 e. The Bertz CT molecular complexity index is 126. The summed E-state index contributed by atoms with van der Waals surface area (Å²) in [5.74, 6) is -0.352. The zero-order chi connectivity index (χ0) is 11.4. The Morgan fingerprint density at radius 3 is 2.21 bits per heavy atom. The van der Waals surface area contributed by atoms with E-state index in [-0.39, 0.29) is 6.61 Å². The lowest BCUT2D eigenvalue weighted by atomic mass is 10.2. The summed E-state index contributed by atoms with van der Waals surface area (Å²) in [5, 5.41) is 24.5. The molecule has 0 aliphatic heterocycles. The number of thiol groups is 1. The third-order valence-electron chi connectivity index (χ3n) is 1.42. The minimum atomic E-state index is -0.682. The SMILES string of the molecule is CCCCCC(=O)O.OCC(O)CS. The van der Waals surface area contributed by atoms with Crippen molar-refractivity contribution in [2.75, 3.05) is 12.4 Å². The highest BCUT2D eigenvalue weighted by Crippen LogP contribution is 1.97. The monoisotopic (exact) mass is 224 g/mol. The molecule has 0 aromatic rings. The van der Waals surface area contributed by atoms with Gasteiger partial charge in [0.05, 0.1) is 12.7 Å². The van der Waals surface area contributed by atoms with Crippen LogP contribution in [0.3, 0.4) is 0 Å². The highest BCUT2D eigenvalue weighted by Gasteiger charge is 1.93. The van der Waals surface area contributed by atoms with Crippen molar-refractivity contribution in [1.82, 2.24) is 0 Å². The van der Waals surface area contributed by atoms with E-state index < -0.39 is 12.1 Å². The van der Waals surface area contributed by atoms with Gasteiger partial charge in [-0.05, 0) is 6.42 Å². The van der Waals surface area contributed by atoms with Gasteiger partial charge >= 0.3 is 5.97 Å². The number of aliphatic carboxylic acids is 1. The van der Waals surface area contributed by atoms with Crippen LogP contribution in [0.5, 0.6) is 0 Å². The van der Waals surface area contributed by atoms with Gasteiger partial charge in [-0.3, -0.25) is 4.79 Å². The van der Waals surface area contributed by atoms with E-state index in [1.165, 1.54) is 0 Å². The number of aliphatic hydroxyl groups is 2. The number of hydrogen-bond donors (Lipinski definition) is 4. The van der Waals surface area contributed by atoms with E-state index in [4.69, 9.17) is 15.3 Å². The molecule has 0 aromatic heterocycles. The van der Waals surface area contributed by atoms with Gasteiger partial charge in [0.15, 0.2) is 0 Å². The van der Waals surface area contributed by atoms with Crippen molar-refractivity contribution in [3.05, 3.63) is 0 Å². The third kappa shape index (κ3) is 17.7. The van der Waals surface area contributed by atoms with Crippen LogP contribution in [0.4, 0.5) is 0 Å². The lowest BCUT2D eigenvalue weighted by Gasteiger charge is -1.96. The van der Waals surface area contributed by atoms with Gasteiger partial charge in [-0.25, -0.2) is 0 Å². The maximum absolute atomic E-state index is 9.87. The second-order valence-corrected chi connectivity index (χ2v) is 3.23. The zero-order valence-corrected chi connectivity index (χ0v) is 9.41. The lowest BCUT2D eigenvalue weighted by Crippen LogP contribution is -2.12. The summed E-state index contributed by atoms with van der Waals surface area (Å²) in [4.78, 5) is 9.87. The van der Waals surface area contributed by atoms with Gasteiger partial charge in [-0.1, -0.05) is 19.8 Å². The minimum Gasteiger partial charge on any atom is -0.481 e. The average Bonchev–Trinajstić information content (AvgIpc) is 2.17. The van der Waals surface area contributed by atoms with Gasteiger partial charge in [0.1, 0.15) is 0 Å². The molecule has 3 N–H and O–H groups in total. The second-order valence-electron chi connectivity index (χ2n) is 2.87. The summed E-state index contributed by atoms with van der Waals surface area (Å²) in [6.07, 6.45) is 2.63. The summed E-state index contributed by atoms with van der Waals surface area (Å²) < 4.78 is 0. The topological polar surface area (TPSA) is 77.8 Å². The first-order chi connectivity index (χ1) is 6.58. The van der Waals surface area contributed by atoms with Crippen LogP contribution in [0.2, 0.25) is 0 Å². The van der Waals surface area contributed by atoms with E-state index in [0.29, 0.717) is 12.2 Å². The van der Waals surface area contributed by atoms with E-state index in [1.807, 2.05) is 0 Å². The van der Waals surface area contributed by atoms with Crippen LogP contribution in [0.15, 0.2) is 0 Å². The molecule has 0 saturated carbocycles. The zero-order valence-electron chi connectivity index (χ0n) is 8.52. The van der Waals surface area contributed by atoms with Crippen LogP contribution in [-0.4, -0.2) is 39.8 Å². The van der Waals surface area contributed by atoms with Gasteiger partial charge in [0, 0.05) is 12.2 Å². The fraction of sp³-hybridized carbons (Fsp3) is 0.889. The van der Waals surface area contributed by atoms with Crippen molar-refractivity contribution < 1.29 is 20.1 Å². The van der Waals surface area contributed by atoms with E-state index in [1.54, 1.807) is 0 Å². The van der Waals surface area contributed by atoms with Gasteiger partial charge in [-0.2, -0.15) is 12.6 Å². The molecule has 0 fully saturated rings. The number of carboxylic acid groups (broad SMARTS) is 1. The molecule has 0 aliphatic rings. The number of carboxylic acids is 1. The molecule has 0 saturated heterocycles. The van der Waals surface area contributed by atoms with Crippen LogP contribution in [0.1, 0.15) is 32.6 Å². The Morgan fingerprint density at radius 1 is 1.43 bits per heavy atom. The van der Waals surface area contributed by atoms with Crippen LogP contribution in [0.25, 0.3) is 0 Å². The van der Waals surface area contributed by atoms with E-state index in [9.17, 15) is 4.79 Å². The molecule has 1 atom stereocenters. The van der Waals surface area contributed by atoms with Crippen LogP contribution in [0, 0.1) is 0 Å². The molecule has 0 aliphatic carbocycles. The fourth-order valence-electron chi connectivity index (χ4n) is 0.584. The standard InChI is InChI=1S/C6H12O2.C3H8O2S/c1-2-3-4-5-6(7)8;4-1-3(5)2-6/h2-5H2,1H3,(H,7,8);3-6H,1-2H2. The van der Waals surface area contributed by atoms with Gasteiger partial charge < -0.3 is 15.3 Å².